The molecule has 0 heterocycles. The number of benzene rings is 3. The van der Waals surface area contributed by atoms with Gasteiger partial charge in [0.15, 0.2) is 20.5 Å². The summed E-state index contributed by atoms with van der Waals surface area (Å²) < 4.78 is 35.0. The monoisotopic (exact) mass is 472 g/mol. The molecule has 0 aliphatic heterocycles. The zero-order valence-corrected chi connectivity index (χ0v) is 19.5. The molecule has 0 spiro atoms. The Bertz CT molecular complexity index is 1200. The average Bonchev–Trinajstić information content (AvgIpc) is 2.78. The van der Waals surface area contributed by atoms with Crippen LogP contribution in [0.25, 0.3) is 0 Å². The molecule has 168 valence electrons. The van der Waals surface area contributed by atoms with Gasteiger partial charge in [0, 0.05) is 16.0 Å². The number of rotatable bonds is 9. The zero-order chi connectivity index (χ0) is 23.1. The third-order valence-corrected chi connectivity index (χ3v) is 6.65. The molecule has 0 aliphatic carbocycles. The summed E-state index contributed by atoms with van der Waals surface area (Å²) in [5.74, 6) is -0.0178. The summed E-state index contributed by atoms with van der Waals surface area (Å²) in [6.45, 7) is -0.0871. The summed E-state index contributed by atoms with van der Waals surface area (Å²) >= 11 is 1.55. The minimum Gasteiger partial charge on any atom is -0.495 e. The molecule has 9 heteroatoms. The van der Waals surface area contributed by atoms with Crippen LogP contribution in [0.3, 0.4) is 0 Å². The van der Waals surface area contributed by atoms with E-state index in [1.54, 1.807) is 17.8 Å². The van der Waals surface area contributed by atoms with E-state index >= 15 is 0 Å². The van der Waals surface area contributed by atoms with Gasteiger partial charge in [0.05, 0.1) is 32.1 Å². The lowest BCUT2D eigenvalue weighted by atomic mass is 10.2. The van der Waals surface area contributed by atoms with Crippen molar-refractivity contribution < 1.29 is 22.7 Å². The number of hydrogen-bond acceptors (Lipinski definition) is 7. The number of hydrogen-bond donors (Lipinski definition) is 2. The summed E-state index contributed by atoms with van der Waals surface area (Å²) in [7, 11) is -0.876. The van der Waals surface area contributed by atoms with Crippen molar-refractivity contribution in [2.45, 2.75) is 14.7 Å². The number of sulfone groups is 1. The molecule has 3 aromatic rings. The van der Waals surface area contributed by atoms with Crippen LogP contribution in [0.2, 0.25) is 0 Å². The fraction of sp³-hybridized carbons (Fsp3) is 0.174. The molecular weight excluding hydrogens is 448 g/mol. The molecule has 0 radical (unpaired) electrons. The van der Waals surface area contributed by atoms with Gasteiger partial charge in [-0.15, -0.1) is 0 Å². The van der Waals surface area contributed by atoms with Gasteiger partial charge in [-0.05, 0) is 36.4 Å². The maximum absolute atomic E-state index is 12.6. The first-order chi connectivity index (χ1) is 15.3. The summed E-state index contributed by atoms with van der Waals surface area (Å²) in [5.41, 5.74) is 1.06. The Morgan fingerprint density at radius 3 is 2.25 bits per heavy atom. The van der Waals surface area contributed by atoms with E-state index in [1.807, 2.05) is 54.6 Å². The largest absolute Gasteiger partial charge is 0.495 e. The van der Waals surface area contributed by atoms with Crippen molar-refractivity contribution >= 4 is 38.9 Å². The summed E-state index contributed by atoms with van der Waals surface area (Å²) in [6.07, 6.45) is 1.07. The Hall–Kier alpha value is -3.17. The first-order valence-electron chi connectivity index (χ1n) is 9.64. The van der Waals surface area contributed by atoms with Crippen LogP contribution in [0, 0.1) is 0 Å². The predicted octanol–water partition coefficient (Wildman–Crippen LogP) is 4.31. The second-order valence-electron chi connectivity index (χ2n) is 6.76. The lowest BCUT2D eigenvalue weighted by Gasteiger charge is -2.17. The summed E-state index contributed by atoms with van der Waals surface area (Å²) in [6, 6.07) is 20.5. The lowest BCUT2D eigenvalue weighted by molar-refractivity contribution is -0.114. The Labute approximate surface area is 192 Å². The number of amides is 1. The second-order valence-corrected chi connectivity index (χ2v) is 9.83. The number of carbonyl (C=O) groups is 1. The fourth-order valence-corrected chi connectivity index (χ4v) is 5.01. The molecule has 0 aliphatic rings. The van der Waals surface area contributed by atoms with Crippen LogP contribution in [-0.2, 0) is 14.6 Å². The van der Waals surface area contributed by atoms with Crippen molar-refractivity contribution in [2.75, 3.05) is 37.7 Å². The molecule has 32 heavy (non-hydrogen) atoms. The van der Waals surface area contributed by atoms with Crippen molar-refractivity contribution in [1.82, 2.24) is 0 Å². The summed E-state index contributed by atoms with van der Waals surface area (Å²) in [5, 5.41) is 5.85. The van der Waals surface area contributed by atoms with Gasteiger partial charge < -0.3 is 20.1 Å². The average molecular weight is 473 g/mol. The second kappa shape index (κ2) is 10.4. The highest BCUT2D eigenvalue weighted by Gasteiger charge is 2.23. The molecule has 0 bridgehead atoms. The highest BCUT2D eigenvalue weighted by Crippen LogP contribution is 2.39. The Kier molecular flexibility index (Phi) is 7.66. The lowest BCUT2D eigenvalue weighted by Crippen LogP contribution is -2.22. The smallest absolute Gasteiger partial charge is 0.243 e. The highest BCUT2D eigenvalue weighted by atomic mass is 32.2. The third kappa shape index (κ3) is 5.74. The first kappa shape index (κ1) is 23.5. The van der Waals surface area contributed by atoms with Crippen LogP contribution >= 0.6 is 11.8 Å². The maximum atomic E-state index is 12.6. The molecule has 0 saturated heterocycles. The van der Waals surface area contributed by atoms with Gasteiger partial charge >= 0.3 is 0 Å². The van der Waals surface area contributed by atoms with Crippen molar-refractivity contribution in [3.05, 3.63) is 66.7 Å². The van der Waals surface area contributed by atoms with Crippen LogP contribution in [0.15, 0.2) is 81.4 Å². The maximum Gasteiger partial charge on any atom is 0.243 e. The standard InChI is InChI=1S/C23H24N2O5S2/c1-29-19-14-13-18(22(30-2)23(19)32(3,27)28)24-15-21(26)25-17-11-7-8-12-20(17)31-16-9-5-4-6-10-16/h4-14,24H,15H2,1-3H3,(H,25,26). The van der Waals surface area contributed by atoms with Gasteiger partial charge in [-0.3, -0.25) is 4.79 Å². The number of carbonyl (C=O) groups excluding carboxylic acids is 1. The van der Waals surface area contributed by atoms with E-state index < -0.39 is 9.84 Å². The number of ether oxygens (including phenoxy) is 2. The number of nitrogens with one attached hydrogen (secondary N) is 2. The highest BCUT2D eigenvalue weighted by molar-refractivity contribution is 7.99. The third-order valence-electron chi connectivity index (χ3n) is 4.44. The molecule has 0 fully saturated rings. The molecule has 3 aromatic carbocycles. The van der Waals surface area contributed by atoms with Gasteiger partial charge in [-0.2, -0.15) is 0 Å². The predicted molar refractivity (Wildman–Crippen MR) is 127 cm³/mol. The van der Waals surface area contributed by atoms with E-state index in [9.17, 15) is 13.2 Å². The van der Waals surface area contributed by atoms with E-state index in [1.165, 1.54) is 20.3 Å². The fourth-order valence-electron chi connectivity index (χ4n) is 3.04. The molecule has 2 N–H and O–H groups in total. The molecule has 7 nitrogen and oxygen atoms in total. The Morgan fingerprint density at radius 2 is 1.59 bits per heavy atom. The minimum atomic E-state index is -3.63. The Balaban J connectivity index is 1.75. The van der Waals surface area contributed by atoms with Crippen LogP contribution in [-0.4, -0.2) is 41.3 Å². The molecule has 1 amide bonds. The van der Waals surface area contributed by atoms with E-state index in [-0.39, 0.29) is 28.8 Å². The molecule has 0 aromatic heterocycles. The summed E-state index contributed by atoms with van der Waals surface area (Å²) in [4.78, 5) is 14.5. The van der Waals surface area contributed by atoms with E-state index in [0.717, 1.165) is 16.0 Å². The van der Waals surface area contributed by atoms with Gasteiger partial charge in [0.2, 0.25) is 5.91 Å². The van der Waals surface area contributed by atoms with Crippen molar-refractivity contribution in [3.63, 3.8) is 0 Å². The quantitative estimate of drug-likeness (QED) is 0.479. The minimum absolute atomic E-state index is 0.0717. The zero-order valence-electron chi connectivity index (χ0n) is 17.9. The normalized spacial score (nSPS) is 11.0. The van der Waals surface area contributed by atoms with E-state index in [0.29, 0.717) is 11.4 Å². The van der Waals surface area contributed by atoms with E-state index in [2.05, 4.69) is 10.6 Å². The van der Waals surface area contributed by atoms with Crippen molar-refractivity contribution in [1.29, 1.82) is 0 Å². The van der Waals surface area contributed by atoms with Crippen molar-refractivity contribution in [2.24, 2.45) is 0 Å². The molecule has 0 unspecified atom stereocenters. The SMILES string of the molecule is COc1ccc(NCC(=O)Nc2ccccc2Sc2ccccc2)c(OC)c1S(C)(=O)=O. The van der Waals surface area contributed by atoms with E-state index in [4.69, 9.17) is 9.47 Å². The Morgan fingerprint density at radius 1 is 0.906 bits per heavy atom. The topological polar surface area (TPSA) is 93.7 Å². The van der Waals surface area contributed by atoms with Gasteiger partial charge in [0.25, 0.3) is 0 Å². The molecular formula is C23H24N2O5S2. The van der Waals surface area contributed by atoms with Crippen LogP contribution in [0.5, 0.6) is 11.5 Å². The van der Waals surface area contributed by atoms with Crippen molar-refractivity contribution in [3.8, 4) is 11.5 Å². The molecule has 0 saturated carbocycles. The van der Waals surface area contributed by atoms with Gasteiger partial charge in [0.1, 0.15) is 5.75 Å². The van der Waals surface area contributed by atoms with Crippen LogP contribution < -0.4 is 20.1 Å². The number of para-hydroxylation sites is 1. The van der Waals surface area contributed by atoms with Gasteiger partial charge in [-0.25, -0.2) is 8.42 Å². The van der Waals surface area contributed by atoms with Crippen LogP contribution in [0.1, 0.15) is 0 Å². The molecule has 0 atom stereocenters. The van der Waals surface area contributed by atoms with Crippen LogP contribution in [0.4, 0.5) is 11.4 Å². The molecule has 3 rings (SSSR count). The van der Waals surface area contributed by atoms with Gasteiger partial charge in [-0.1, -0.05) is 42.1 Å². The number of anilines is 2. The first-order valence-corrected chi connectivity index (χ1v) is 12.3. The number of methoxy groups -OCH3 is 2.